The molecule has 0 radical (unpaired) electrons. The van der Waals surface area contributed by atoms with Crippen molar-refractivity contribution in [3.63, 3.8) is 0 Å². The quantitative estimate of drug-likeness (QED) is 0.625. The van der Waals surface area contributed by atoms with Gasteiger partial charge in [0.25, 0.3) is 0 Å². The van der Waals surface area contributed by atoms with Gasteiger partial charge in [-0.15, -0.1) is 0 Å². The second-order valence-corrected chi connectivity index (χ2v) is 6.90. The van der Waals surface area contributed by atoms with Crippen LogP contribution in [0.1, 0.15) is 25.1 Å². The predicted octanol–water partition coefficient (Wildman–Crippen LogP) is 5.30. The summed E-state index contributed by atoms with van der Waals surface area (Å²) in [5, 5.41) is 10.7. The van der Waals surface area contributed by atoms with Crippen molar-refractivity contribution in [3.05, 3.63) is 52.6 Å². The van der Waals surface area contributed by atoms with Gasteiger partial charge in [0.05, 0.1) is 17.9 Å². The van der Waals surface area contributed by atoms with Crippen LogP contribution in [0.25, 0.3) is 22.0 Å². The molecule has 1 aromatic carbocycles. The molecule has 0 fully saturated rings. The predicted molar refractivity (Wildman–Crippen MR) is 99.7 cm³/mol. The van der Waals surface area contributed by atoms with Crippen molar-refractivity contribution in [2.45, 2.75) is 20.8 Å². The molecule has 0 aliphatic rings. The van der Waals surface area contributed by atoms with E-state index >= 15 is 0 Å². The van der Waals surface area contributed by atoms with E-state index in [0.717, 1.165) is 11.1 Å². The SMILES string of the molecule is Cc1cc2cc(C#N)c(F)cc2c(-c2cnc(OCC(C)C)c(Cl)c2)n1. The molecule has 0 aliphatic heterocycles. The van der Waals surface area contributed by atoms with Gasteiger partial charge in [0.1, 0.15) is 16.9 Å². The van der Waals surface area contributed by atoms with Crippen LogP contribution in [0.5, 0.6) is 5.88 Å². The summed E-state index contributed by atoms with van der Waals surface area (Å²) in [6.07, 6.45) is 1.61. The van der Waals surface area contributed by atoms with E-state index < -0.39 is 5.82 Å². The lowest BCUT2D eigenvalue weighted by molar-refractivity contribution is 0.261. The molecule has 0 spiro atoms. The third-order valence-corrected chi connectivity index (χ3v) is 4.07. The van der Waals surface area contributed by atoms with E-state index in [4.69, 9.17) is 21.6 Å². The van der Waals surface area contributed by atoms with E-state index in [1.807, 2.05) is 32.9 Å². The van der Waals surface area contributed by atoms with E-state index in [0.29, 0.717) is 40.1 Å². The zero-order valence-electron chi connectivity index (χ0n) is 14.7. The first-order valence-corrected chi connectivity index (χ1v) is 8.56. The van der Waals surface area contributed by atoms with Gasteiger partial charge in [-0.3, -0.25) is 4.98 Å². The number of aryl methyl sites for hydroxylation is 1. The minimum Gasteiger partial charge on any atom is -0.476 e. The number of ether oxygens (including phenoxy) is 1. The van der Waals surface area contributed by atoms with Crippen molar-refractivity contribution in [2.24, 2.45) is 5.92 Å². The van der Waals surface area contributed by atoms with Crippen molar-refractivity contribution in [3.8, 4) is 23.2 Å². The fourth-order valence-corrected chi connectivity index (χ4v) is 2.84. The van der Waals surface area contributed by atoms with Crippen LogP contribution in [0.15, 0.2) is 30.5 Å². The highest BCUT2D eigenvalue weighted by Gasteiger charge is 2.14. The Kier molecular flexibility index (Phi) is 5.06. The summed E-state index contributed by atoms with van der Waals surface area (Å²) in [7, 11) is 0. The Bertz CT molecular complexity index is 1030. The van der Waals surface area contributed by atoms with E-state index in [2.05, 4.69) is 9.97 Å². The van der Waals surface area contributed by atoms with Gasteiger partial charge in [0.15, 0.2) is 0 Å². The Morgan fingerprint density at radius 2 is 2.04 bits per heavy atom. The van der Waals surface area contributed by atoms with Gasteiger partial charge >= 0.3 is 0 Å². The monoisotopic (exact) mass is 369 g/mol. The van der Waals surface area contributed by atoms with Gasteiger partial charge in [-0.2, -0.15) is 5.26 Å². The summed E-state index contributed by atoms with van der Waals surface area (Å²) < 4.78 is 19.7. The number of nitrogens with zero attached hydrogens (tertiary/aromatic N) is 3. The summed E-state index contributed by atoms with van der Waals surface area (Å²) in [6, 6.07) is 8.24. The van der Waals surface area contributed by atoms with Crippen LogP contribution in [0.3, 0.4) is 0 Å². The summed E-state index contributed by atoms with van der Waals surface area (Å²) in [4.78, 5) is 8.80. The molecule has 132 valence electrons. The molecule has 6 heteroatoms. The lowest BCUT2D eigenvalue weighted by Gasteiger charge is -2.12. The fraction of sp³-hybridized carbons (Fsp3) is 0.250. The Morgan fingerprint density at radius 1 is 1.27 bits per heavy atom. The van der Waals surface area contributed by atoms with E-state index in [-0.39, 0.29) is 5.56 Å². The molecule has 26 heavy (non-hydrogen) atoms. The smallest absolute Gasteiger partial charge is 0.232 e. The molecule has 2 aromatic heterocycles. The summed E-state index contributed by atoms with van der Waals surface area (Å²) in [6.45, 7) is 6.43. The normalized spacial score (nSPS) is 11.0. The van der Waals surface area contributed by atoms with Crippen LogP contribution in [-0.2, 0) is 0 Å². The lowest BCUT2D eigenvalue weighted by atomic mass is 10.0. The first-order chi connectivity index (χ1) is 12.4. The van der Waals surface area contributed by atoms with E-state index in [9.17, 15) is 4.39 Å². The Hall–Kier alpha value is -2.71. The first kappa shape index (κ1) is 18.1. The second kappa shape index (κ2) is 7.27. The molecular formula is C20H17ClFN3O. The van der Waals surface area contributed by atoms with Gasteiger partial charge in [-0.25, -0.2) is 9.37 Å². The highest BCUT2D eigenvalue weighted by atomic mass is 35.5. The summed E-state index contributed by atoms with van der Waals surface area (Å²) in [5.41, 5.74) is 1.97. The van der Waals surface area contributed by atoms with Crippen LogP contribution < -0.4 is 4.74 Å². The van der Waals surface area contributed by atoms with Crippen molar-refractivity contribution < 1.29 is 9.13 Å². The average molecular weight is 370 g/mol. The van der Waals surface area contributed by atoms with Gasteiger partial charge in [0.2, 0.25) is 5.88 Å². The minimum absolute atomic E-state index is 0.00245. The molecule has 0 saturated heterocycles. The molecule has 0 bridgehead atoms. The van der Waals surface area contributed by atoms with Crippen LogP contribution in [0.4, 0.5) is 4.39 Å². The molecule has 0 atom stereocenters. The molecule has 0 unspecified atom stereocenters. The number of fused-ring (bicyclic) bond motifs is 1. The second-order valence-electron chi connectivity index (χ2n) is 6.49. The largest absolute Gasteiger partial charge is 0.476 e. The van der Waals surface area contributed by atoms with Crippen LogP contribution in [0, 0.1) is 30.0 Å². The van der Waals surface area contributed by atoms with Crippen molar-refractivity contribution in [1.82, 2.24) is 9.97 Å². The number of hydrogen-bond acceptors (Lipinski definition) is 4. The number of pyridine rings is 2. The zero-order valence-corrected chi connectivity index (χ0v) is 15.4. The fourth-order valence-electron chi connectivity index (χ4n) is 2.62. The van der Waals surface area contributed by atoms with Crippen molar-refractivity contribution in [2.75, 3.05) is 6.61 Å². The van der Waals surface area contributed by atoms with Crippen LogP contribution in [-0.4, -0.2) is 16.6 Å². The topological polar surface area (TPSA) is 58.8 Å². The van der Waals surface area contributed by atoms with Gasteiger partial charge in [-0.1, -0.05) is 25.4 Å². The minimum atomic E-state index is -0.581. The molecule has 4 nitrogen and oxygen atoms in total. The Balaban J connectivity index is 2.12. The molecule has 3 rings (SSSR count). The standard InChI is InChI=1S/C20H17ClFN3O/c1-11(2)10-26-20-17(21)6-15(9-24-20)19-16-7-18(22)14(8-23)5-13(16)4-12(3)25-19/h4-7,9,11H,10H2,1-3H3. The Labute approximate surface area is 156 Å². The summed E-state index contributed by atoms with van der Waals surface area (Å²) in [5.74, 6) is 0.133. The molecule has 0 N–H and O–H groups in total. The molecule has 3 aromatic rings. The highest BCUT2D eigenvalue weighted by molar-refractivity contribution is 6.32. The lowest BCUT2D eigenvalue weighted by Crippen LogP contribution is -2.06. The van der Waals surface area contributed by atoms with Gasteiger partial charge < -0.3 is 4.74 Å². The third-order valence-electron chi connectivity index (χ3n) is 3.80. The maximum absolute atomic E-state index is 14.1. The molecular weight excluding hydrogens is 353 g/mol. The third kappa shape index (κ3) is 3.61. The maximum Gasteiger partial charge on any atom is 0.232 e. The van der Waals surface area contributed by atoms with Crippen molar-refractivity contribution >= 4 is 22.4 Å². The molecule has 0 saturated carbocycles. The van der Waals surface area contributed by atoms with Gasteiger partial charge in [-0.05, 0) is 42.5 Å². The molecule has 0 aliphatic carbocycles. The molecule has 0 amide bonds. The van der Waals surface area contributed by atoms with Gasteiger partial charge in [0, 0.05) is 22.8 Å². The number of nitriles is 1. The zero-order chi connectivity index (χ0) is 18.8. The highest BCUT2D eigenvalue weighted by Crippen LogP contribution is 2.33. The maximum atomic E-state index is 14.1. The number of benzene rings is 1. The van der Waals surface area contributed by atoms with E-state index in [1.165, 1.54) is 12.1 Å². The molecule has 2 heterocycles. The Morgan fingerprint density at radius 3 is 2.69 bits per heavy atom. The summed E-state index contributed by atoms with van der Waals surface area (Å²) >= 11 is 6.30. The van der Waals surface area contributed by atoms with Crippen LogP contribution >= 0.6 is 11.6 Å². The average Bonchev–Trinajstić information content (AvgIpc) is 2.59. The first-order valence-electron chi connectivity index (χ1n) is 8.18. The number of aromatic nitrogens is 2. The van der Waals surface area contributed by atoms with Crippen molar-refractivity contribution in [1.29, 1.82) is 5.26 Å². The number of halogens is 2. The van der Waals surface area contributed by atoms with E-state index in [1.54, 1.807) is 12.3 Å². The van der Waals surface area contributed by atoms with Crippen LogP contribution in [0.2, 0.25) is 5.02 Å². The number of hydrogen-bond donors (Lipinski definition) is 0. The number of rotatable bonds is 4.